The number of aldehydes is 1. The van der Waals surface area contributed by atoms with Gasteiger partial charge in [0.1, 0.15) is 18.5 Å². The molecule has 3 N–H and O–H groups in total. The summed E-state index contributed by atoms with van der Waals surface area (Å²) < 4.78 is 16.9. The second-order valence-corrected chi connectivity index (χ2v) is 9.72. The number of benzene rings is 2. The number of rotatable bonds is 10. The molecular formula is C30H30N2O8. The van der Waals surface area contributed by atoms with Gasteiger partial charge in [-0.25, -0.2) is 0 Å². The molecule has 3 aromatic rings. The fraction of sp³-hybridized carbons (Fsp3) is 0.300. The first-order valence-corrected chi connectivity index (χ1v) is 12.9. The number of aliphatic hydroxyl groups is 2. The first kappa shape index (κ1) is 27.2. The molecule has 5 rings (SSSR count). The van der Waals surface area contributed by atoms with E-state index in [2.05, 4.69) is 5.32 Å². The fourth-order valence-corrected chi connectivity index (χ4v) is 5.37. The molecule has 0 radical (unpaired) electrons. The van der Waals surface area contributed by atoms with Gasteiger partial charge in [0.25, 0.3) is 0 Å². The lowest BCUT2D eigenvalue weighted by Gasteiger charge is -2.40. The zero-order valence-electron chi connectivity index (χ0n) is 21.9. The van der Waals surface area contributed by atoms with Crippen molar-refractivity contribution in [2.75, 3.05) is 20.3 Å². The van der Waals surface area contributed by atoms with Crippen LogP contribution in [0.15, 0.2) is 77.1 Å². The summed E-state index contributed by atoms with van der Waals surface area (Å²) in [6.07, 6.45) is 3.16. The number of methoxy groups -OCH3 is 1. The number of furan rings is 1. The van der Waals surface area contributed by atoms with Gasteiger partial charge in [-0.05, 0) is 29.8 Å². The number of ether oxygens (including phenoxy) is 2. The molecule has 0 saturated carbocycles. The summed E-state index contributed by atoms with van der Waals surface area (Å²) in [5, 5.41) is 23.7. The van der Waals surface area contributed by atoms with Gasteiger partial charge in [0, 0.05) is 35.4 Å². The number of hydrogen-bond acceptors (Lipinski definition) is 8. The van der Waals surface area contributed by atoms with Gasteiger partial charge >= 0.3 is 0 Å². The monoisotopic (exact) mass is 546 g/mol. The maximum absolute atomic E-state index is 13.7. The molecule has 1 aliphatic carbocycles. The SMILES string of the molecule is COc1cc(C=O)cc2c1O[C@@H]1[C@@H](O)[C@H](N(Cc3ccoc3)C(=O)Cc3ccccc3)C=C(C(=O)NCCO)[C@H]21. The van der Waals surface area contributed by atoms with E-state index in [1.165, 1.54) is 30.6 Å². The van der Waals surface area contributed by atoms with Crippen molar-refractivity contribution in [3.8, 4) is 11.5 Å². The normalized spacial score (nSPS) is 20.9. The molecule has 0 bridgehead atoms. The predicted octanol–water partition coefficient (Wildman–Crippen LogP) is 1.99. The molecule has 0 spiro atoms. The van der Waals surface area contributed by atoms with E-state index in [1.54, 1.807) is 18.2 Å². The second kappa shape index (κ2) is 11.8. The van der Waals surface area contributed by atoms with E-state index in [-0.39, 0.29) is 37.6 Å². The highest BCUT2D eigenvalue weighted by atomic mass is 16.5. The van der Waals surface area contributed by atoms with E-state index in [1.807, 2.05) is 30.3 Å². The van der Waals surface area contributed by atoms with Crippen molar-refractivity contribution in [2.45, 2.75) is 37.1 Å². The van der Waals surface area contributed by atoms with Crippen LogP contribution in [-0.2, 0) is 22.6 Å². The summed E-state index contributed by atoms with van der Waals surface area (Å²) >= 11 is 0. The molecule has 2 aliphatic rings. The molecule has 0 unspecified atom stereocenters. The van der Waals surface area contributed by atoms with Crippen LogP contribution in [0.2, 0.25) is 0 Å². The number of nitrogens with zero attached hydrogens (tertiary/aromatic N) is 1. The van der Waals surface area contributed by atoms with Gasteiger partial charge in [-0.15, -0.1) is 0 Å². The van der Waals surface area contributed by atoms with Crippen molar-refractivity contribution in [2.24, 2.45) is 0 Å². The van der Waals surface area contributed by atoms with E-state index in [0.29, 0.717) is 34.5 Å². The first-order chi connectivity index (χ1) is 19.4. The van der Waals surface area contributed by atoms with E-state index in [9.17, 15) is 24.6 Å². The van der Waals surface area contributed by atoms with Gasteiger partial charge in [0.15, 0.2) is 11.5 Å². The Morgan fingerprint density at radius 3 is 2.62 bits per heavy atom. The van der Waals surface area contributed by atoms with Crippen molar-refractivity contribution < 1.29 is 38.5 Å². The summed E-state index contributed by atoms with van der Waals surface area (Å²) in [5.41, 5.74) is 2.61. The van der Waals surface area contributed by atoms with Crippen LogP contribution in [0.1, 0.15) is 33.0 Å². The number of fused-ring (bicyclic) bond motifs is 3. The van der Waals surface area contributed by atoms with Crippen molar-refractivity contribution in [3.63, 3.8) is 0 Å². The molecule has 1 aliphatic heterocycles. The zero-order chi connectivity index (χ0) is 28.2. The molecule has 208 valence electrons. The topological polar surface area (TPSA) is 139 Å². The van der Waals surface area contributed by atoms with E-state index < -0.39 is 30.1 Å². The molecule has 2 aromatic carbocycles. The quantitative estimate of drug-likeness (QED) is 0.328. The number of amides is 2. The molecule has 2 heterocycles. The first-order valence-electron chi connectivity index (χ1n) is 12.9. The summed E-state index contributed by atoms with van der Waals surface area (Å²) in [6.45, 7) is -0.135. The zero-order valence-corrected chi connectivity index (χ0v) is 21.9. The van der Waals surface area contributed by atoms with Gasteiger partial charge in [0.05, 0.1) is 44.6 Å². The average Bonchev–Trinajstić information content (AvgIpc) is 3.63. The van der Waals surface area contributed by atoms with Gasteiger partial charge < -0.3 is 34.3 Å². The molecule has 0 fully saturated rings. The molecule has 4 atom stereocenters. The Balaban J connectivity index is 1.58. The molecule has 10 nitrogen and oxygen atoms in total. The minimum absolute atomic E-state index is 0.0118. The Bertz CT molecular complexity index is 1400. The van der Waals surface area contributed by atoms with Gasteiger partial charge in [-0.2, -0.15) is 0 Å². The second-order valence-electron chi connectivity index (χ2n) is 9.72. The Labute approximate surface area is 230 Å². The maximum atomic E-state index is 13.7. The minimum Gasteiger partial charge on any atom is -0.493 e. The summed E-state index contributed by atoms with van der Waals surface area (Å²) in [7, 11) is 1.44. The Kier molecular flexibility index (Phi) is 7.99. The highest BCUT2D eigenvalue weighted by molar-refractivity contribution is 5.96. The van der Waals surface area contributed by atoms with E-state index >= 15 is 0 Å². The minimum atomic E-state index is -1.23. The van der Waals surface area contributed by atoms with Crippen molar-refractivity contribution in [1.82, 2.24) is 10.2 Å². The lowest BCUT2D eigenvalue weighted by molar-refractivity contribution is -0.137. The number of carbonyl (C=O) groups excluding carboxylic acids is 3. The number of nitrogens with one attached hydrogen (secondary N) is 1. The lowest BCUT2D eigenvalue weighted by atomic mass is 9.77. The van der Waals surface area contributed by atoms with Crippen LogP contribution in [0, 0.1) is 0 Å². The number of carbonyl (C=O) groups is 3. The summed E-state index contributed by atoms with van der Waals surface area (Å²) in [4.78, 5) is 40.3. The largest absolute Gasteiger partial charge is 0.493 e. The lowest BCUT2D eigenvalue weighted by Crippen LogP contribution is -2.55. The fourth-order valence-electron chi connectivity index (χ4n) is 5.37. The van der Waals surface area contributed by atoms with E-state index in [0.717, 1.165) is 5.56 Å². The summed E-state index contributed by atoms with van der Waals surface area (Å²) in [5.74, 6) is -0.873. The molecular weight excluding hydrogens is 516 g/mol. The van der Waals surface area contributed by atoms with Crippen LogP contribution in [0.4, 0.5) is 0 Å². The van der Waals surface area contributed by atoms with Crippen molar-refractivity contribution in [3.05, 3.63) is 95.0 Å². The third-order valence-corrected chi connectivity index (χ3v) is 7.22. The summed E-state index contributed by atoms with van der Waals surface area (Å²) in [6, 6.07) is 13.2. The molecule has 40 heavy (non-hydrogen) atoms. The number of hydrogen-bond donors (Lipinski definition) is 3. The smallest absolute Gasteiger partial charge is 0.247 e. The third kappa shape index (κ3) is 5.23. The van der Waals surface area contributed by atoms with Crippen LogP contribution < -0.4 is 14.8 Å². The Morgan fingerprint density at radius 1 is 1.15 bits per heavy atom. The highest BCUT2D eigenvalue weighted by Gasteiger charge is 2.51. The average molecular weight is 547 g/mol. The number of aliphatic hydroxyl groups excluding tert-OH is 2. The van der Waals surface area contributed by atoms with Gasteiger partial charge in [0.2, 0.25) is 11.8 Å². The molecule has 2 amide bonds. The standard InChI is InChI=1S/C30H30N2O8/c1-38-24-12-20(16-34)11-21-26-22(30(37)31-8-9-33)14-23(27(36)29(26)40-28(21)24)32(15-19-7-10-39-17-19)25(35)13-18-5-3-2-4-6-18/h2-7,10-12,14,16-17,23,26-27,29,33,36H,8-9,13,15H2,1H3,(H,31,37)/t23-,26+,27+,29+/m1/s1. The molecule has 10 heteroatoms. The molecule has 0 saturated heterocycles. The van der Waals surface area contributed by atoms with Crippen LogP contribution in [0.3, 0.4) is 0 Å². The van der Waals surface area contributed by atoms with E-state index in [4.69, 9.17) is 13.9 Å². The van der Waals surface area contributed by atoms with Crippen molar-refractivity contribution in [1.29, 1.82) is 0 Å². The molecule has 1 aromatic heterocycles. The third-order valence-electron chi connectivity index (χ3n) is 7.22. The van der Waals surface area contributed by atoms with Gasteiger partial charge in [-0.1, -0.05) is 30.3 Å². The van der Waals surface area contributed by atoms with Crippen LogP contribution >= 0.6 is 0 Å². The van der Waals surface area contributed by atoms with Crippen LogP contribution in [-0.4, -0.2) is 71.7 Å². The Hall–Kier alpha value is -4.41. The Morgan fingerprint density at radius 2 is 1.95 bits per heavy atom. The van der Waals surface area contributed by atoms with Crippen LogP contribution in [0.25, 0.3) is 0 Å². The van der Waals surface area contributed by atoms with Crippen molar-refractivity contribution >= 4 is 18.1 Å². The maximum Gasteiger partial charge on any atom is 0.247 e. The predicted molar refractivity (Wildman–Crippen MR) is 143 cm³/mol. The highest BCUT2D eigenvalue weighted by Crippen LogP contribution is 2.51. The van der Waals surface area contributed by atoms with Gasteiger partial charge in [-0.3, -0.25) is 14.4 Å². The van der Waals surface area contributed by atoms with Crippen LogP contribution in [0.5, 0.6) is 11.5 Å².